The molecule has 1 fully saturated rings. The molecule has 0 spiro atoms. The zero-order chi connectivity index (χ0) is 15.2. The number of hydrogen-bond donors (Lipinski definition) is 1. The van der Waals surface area contributed by atoms with Gasteiger partial charge in [-0.1, -0.05) is 30.3 Å². The lowest BCUT2D eigenvalue weighted by Crippen LogP contribution is -2.53. The lowest BCUT2D eigenvalue weighted by molar-refractivity contribution is -0.135. The van der Waals surface area contributed by atoms with Gasteiger partial charge in [0.2, 0.25) is 5.91 Å². The number of halogens is 1. The highest BCUT2D eigenvalue weighted by Gasteiger charge is 2.24. The van der Waals surface area contributed by atoms with Crippen molar-refractivity contribution < 1.29 is 4.79 Å². The Kier molecular flexibility index (Phi) is 7.87. The van der Waals surface area contributed by atoms with Gasteiger partial charge in [0.05, 0.1) is 6.54 Å². The Balaban J connectivity index is 0.00000242. The molecule has 1 N–H and O–H groups in total. The Morgan fingerprint density at radius 2 is 2.05 bits per heavy atom. The molecule has 22 heavy (non-hydrogen) atoms. The van der Waals surface area contributed by atoms with Gasteiger partial charge >= 0.3 is 0 Å². The zero-order valence-electron chi connectivity index (χ0n) is 13.8. The summed E-state index contributed by atoms with van der Waals surface area (Å²) in [7, 11) is 0. The summed E-state index contributed by atoms with van der Waals surface area (Å²) in [5.74, 6) is 0.225. The van der Waals surface area contributed by atoms with Crippen molar-refractivity contribution >= 4 is 18.3 Å². The third-order valence-electron chi connectivity index (χ3n) is 4.12. The van der Waals surface area contributed by atoms with Crippen LogP contribution in [0.1, 0.15) is 26.3 Å². The third-order valence-corrected chi connectivity index (χ3v) is 4.12. The number of hydrogen-bond acceptors (Lipinski definition) is 3. The largest absolute Gasteiger partial charge is 0.335 e. The van der Waals surface area contributed by atoms with Gasteiger partial charge in [-0.3, -0.25) is 9.69 Å². The molecule has 124 valence electrons. The average Bonchev–Trinajstić information content (AvgIpc) is 2.48. The van der Waals surface area contributed by atoms with Crippen LogP contribution in [0.2, 0.25) is 0 Å². The topological polar surface area (TPSA) is 35.6 Å². The highest BCUT2D eigenvalue weighted by molar-refractivity contribution is 5.85. The van der Waals surface area contributed by atoms with Crippen LogP contribution in [0, 0.1) is 0 Å². The maximum Gasteiger partial charge on any atom is 0.237 e. The Labute approximate surface area is 140 Å². The van der Waals surface area contributed by atoms with E-state index in [1.165, 1.54) is 5.56 Å². The maximum absolute atomic E-state index is 12.7. The Morgan fingerprint density at radius 3 is 2.64 bits per heavy atom. The van der Waals surface area contributed by atoms with Gasteiger partial charge in [-0.2, -0.15) is 0 Å². The van der Waals surface area contributed by atoms with Crippen LogP contribution in [0.3, 0.4) is 0 Å². The molecule has 0 aliphatic carbocycles. The quantitative estimate of drug-likeness (QED) is 0.901. The number of rotatable bonds is 5. The Bertz CT molecular complexity index is 452. The molecule has 5 heteroatoms. The van der Waals surface area contributed by atoms with Gasteiger partial charge in [0.25, 0.3) is 0 Å². The van der Waals surface area contributed by atoms with Crippen molar-refractivity contribution in [1.82, 2.24) is 15.1 Å². The van der Waals surface area contributed by atoms with Crippen LogP contribution < -0.4 is 5.32 Å². The molecule has 1 heterocycles. The molecule has 1 aromatic rings. The van der Waals surface area contributed by atoms with Crippen LogP contribution in [0.25, 0.3) is 0 Å². The van der Waals surface area contributed by atoms with Crippen LogP contribution in [-0.2, 0) is 11.3 Å². The number of nitrogens with one attached hydrogen (secondary N) is 1. The third kappa shape index (κ3) is 5.27. The van der Waals surface area contributed by atoms with Crippen molar-refractivity contribution in [2.75, 3.05) is 26.2 Å². The van der Waals surface area contributed by atoms with Crippen molar-refractivity contribution in [3.05, 3.63) is 35.9 Å². The molecular formula is C17H28ClN3O. The molecular weight excluding hydrogens is 298 g/mol. The number of benzene rings is 1. The second-order valence-electron chi connectivity index (χ2n) is 6.12. The van der Waals surface area contributed by atoms with E-state index in [0.29, 0.717) is 19.1 Å². The molecule has 0 saturated carbocycles. The van der Waals surface area contributed by atoms with E-state index in [4.69, 9.17) is 0 Å². The van der Waals surface area contributed by atoms with E-state index in [2.05, 4.69) is 43.1 Å². The summed E-state index contributed by atoms with van der Waals surface area (Å²) in [5.41, 5.74) is 1.19. The minimum Gasteiger partial charge on any atom is -0.335 e. The van der Waals surface area contributed by atoms with Gasteiger partial charge in [-0.25, -0.2) is 0 Å². The SMILES string of the molecule is CC(C)N(Cc1ccccc1)C(=O)CN1CCNC[C@H]1C.Cl. The zero-order valence-corrected chi connectivity index (χ0v) is 14.6. The molecule has 1 aromatic carbocycles. The first kappa shape index (κ1) is 18.9. The van der Waals surface area contributed by atoms with Crippen molar-refractivity contribution in [3.8, 4) is 0 Å². The molecule has 0 aromatic heterocycles. The average molecular weight is 326 g/mol. The monoisotopic (exact) mass is 325 g/mol. The normalized spacial score (nSPS) is 18.8. The summed E-state index contributed by atoms with van der Waals surface area (Å²) >= 11 is 0. The Hall–Kier alpha value is -1.10. The van der Waals surface area contributed by atoms with Crippen LogP contribution in [0.5, 0.6) is 0 Å². The molecule has 4 nitrogen and oxygen atoms in total. The summed E-state index contributed by atoms with van der Waals surface area (Å²) in [4.78, 5) is 16.9. The lowest BCUT2D eigenvalue weighted by Gasteiger charge is -2.36. The van der Waals surface area contributed by atoms with Gasteiger partial charge in [-0.15, -0.1) is 12.4 Å². The van der Waals surface area contributed by atoms with Crippen molar-refractivity contribution in [2.24, 2.45) is 0 Å². The highest BCUT2D eigenvalue weighted by Crippen LogP contribution is 2.11. The van der Waals surface area contributed by atoms with Crippen molar-refractivity contribution in [1.29, 1.82) is 0 Å². The Morgan fingerprint density at radius 1 is 1.36 bits per heavy atom. The number of carbonyl (C=O) groups excluding carboxylic acids is 1. The van der Waals surface area contributed by atoms with Gasteiger partial charge in [-0.05, 0) is 26.3 Å². The van der Waals surface area contributed by atoms with Gasteiger partial charge in [0, 0.05) is 38.3 Å². The van der Waals surface area contributed by atoms with Gasteiger partial charge in [0.1, 0.15) is 0 Å². The molecule has 0 radical (unpaired) electrons. The smallest absolute Gasteiger partial charge is 0.237 e. The predicted octanol–water partition coefficient (Wildman–Crippen LogP) is 2.14. The molecule has 1 atom stereocenters. The summed E-state index contributed by atoms with van der Waals surface area (Å²) in [5, 5.41) is 3.36. The molecule has 1 amide bonds. The van der Waals surface area contributed by atoms with E-state index in [1.807, 2.05) is 23.1 Å². The van der Waals surface area contributed by atoms with E-state index in [9.17, 15) is 4.79 Å². The first-order chi connectivity index (χ1) is 10.1. The van der Waals surface area contributed by atoms with Gasteiger partial charge < -0.3 is 10.2 Å². The van der Waals surface area contributed by atoms with Crippen LogP contribution in [0.15, 0.2) is 30.3 Å². The molecule has 2 rings (SSSR count). The summed E-state index contributed by atoms with van der Waals surface area (Å²) in [6.45, 7) is 10.4. The van der Waals surface area contributed by atoms with Gasteiger partial charge in [0.15, 0.2) is 0 Å². The summed E-state index contributed by atoms with van der Waals surface area (Å²) in [6.07, 6.45) is 0. The maximum atomic E-state index is 12.7. The predicted molar refractivity (Wildman–Crippen MR) is 93.3 cm³/mol. The first-order valence-corrected chi connectivity index (χ1v) is 7.86. The summed E-state index contributed by atoms with van der Waals surface area (Å²) < 4.78 is 0. The number of piperazine rings is 1. The standard InChI is InChI=1S/C17H27N3O.ClH/c1-14(2)20(12-16-7-5-4-6-8-16)17(21)13-19-10-9-18-11-15(19)3;/h4-8,14-15,18H,9-13H2,1-3H3;1H/t15-;/m1./s1. The second kappa shape index (κ2) is 9.13. The van der Waals surface area contributed by atoms with Crippen LogP contribution in [0.4, 0.5) is 0 Å². The van der Waals surface area contributed by atoms with Crippen molar-refractivity contribution in [2.45, 2.75) is 39.4 Å². The van der Waals surface area contributed by atoms with E-state index >= 15 is 0 Å². The minimum absolute atomic E-state index is 0. The van der Waals surface area contributed by atoms with E-state index in [-0.39, 0.29) is 24.4 Å². The van der Waals surface area contributed by atoms with Crippen LogP contribution >= 0.6 is 12.4 Å². The number of nitrogens with zero attached hydrogens (tertiary/aromatic N) is 2. The van der Waals surface area contributed by atoms with Crippen molar-refractivity contribution in [3.63, 3.8) is 0 Å². The molecule has 0 bridgehead atoms. The highest BCUT2D eigenvalue weighted by atomic mass is 35.5. The molecule has 0 unspecified atom stereocenters. The lowest BCUT2D eigenvalue weighted by atomic mass is 10.1. The van der Waals surface area contributed by atoms with E-state index in [1.54, 1.807) is 0 Å². The van der Waals surface area contributed by atoms with E-state index < -0.39 is 0 Å². The molecule has 1 aliphatic rings. The van der Waals surface area contributed by atoms with E-state index in [0.717, 1.165) is 19.6 Å². The summed E-state index contributed by atoms with van der Waals surface area (Å²) in [6, 6.07) is 10.9. The number of carbonyl (C=O) groups is 1. The molecule has 1 aliphatic heterocycles. The minimum atomic E-state index is 0. The fourth-order valence-corrected chi connectivity index (χ4v) is 2.72. The molecule has 1 saturated heterocycles. The second-order valence-corrected chi connectivity index (χ2v) is 6.12. The fraction of sp³-hybridized carbons (Fsp3) is 0.588. The first-order valence-electron chi connectivity index (χ1n) is 7.86. The fourth-order valence-electron chi connectivity index (χ4n) is 2.72. The van der Waals surface area contributed by atoms with Crippen LogP contribution in [-0.4, -0.2) is 54.0 Å². The number of amides is 1.